The maximum atomic E-state index is 12.6. The molecule has 2 rings (SSSR count). The van der Waals surface area contributed by atoms with Crippen LogP contribution in [0.1, 0.15) is 35.7 Å². The van der Waals surface area contributed by atoms with Gasteiger partial charge in [0, 0.05) is 41.6 Å². The van der Waals surface area contributed by atoms with Crippen molar-refractivity contribution in [3.63, 3.8) is 0 Å². The molecule has 1 fully saturated rings. The summed E-state index contributed by atoms with van der Waals surface area (Å²) in [5, 5.41) is 9.29. The van der Waals surface area contributed by atoms with Crippen LogP contribution < -0.4 is 0 Å². The maximum absolute atomic E-state index is 12.6. The Morgan fingerprint density at radius 3 is 3.14 bits per heavy atom. The molecular weight excluding hydrogens is 282 g/mol. The third-order valence-corrected chi connectivity index (χ3v) is 4.83. The third kappa shape index (κ3) is 4.52. The Hall–Kier alpha value is -1.44. The summed E-state index contributed by atoms with van der Waals surface area (Å²) in [6, 6.07) is 7.45. The van der Waals surface area contributed by atoms with Gasteiger partial charge in [0.05, 0.1) is 6.61 Å². The molecule has 1 atom stereocenters. The minimum atomic E-state index is 0.0650. The molecule has 0 spiro atoms. The molecule has 0 bridgehead atoms. The molecule has 4 heteroatoms. The highest BCUT2D eigenvalue weighted by Crippen LogP contribution is 2.22. The summed E-state index contributed by atoms with van der Waals surface area (Å²) in [5.74, 6) is 6.97. The number of carbonyl (C=O) groups is 1. The van der Waals surface area contributed by atoms with E-state index in [9.17, 15) is 4.79 Å². The van der Waals surface area contributed by atoms with Gasteiger partial charge in [-0.05, 0) is 24.6 Å². The SMILES string of the molecule is CCC1CN(C(=O)c2cccc(C#CCCO)c2)CCS1. The zero-order valence-electron chi connectivity index (χ0n) is 12.3. The van der Waals surface area contributed by atoms with E-state index >= 15 is 0 Å². The van der Waals surface area contributed by atoms with Crippen molar-refractivity contribution in [2.45, 2.75) is 25.0 Å². The molecule has 1 aliphatic heterocycles. The Balaban J connectivity index is 2.09. The van der Waals surface area contributed by atoms with Crippen molar-refractivity contribution in [1.29, 1.82) is 0 Å². The van der Waals surface area contributed by atoms with Gasteiger partial charge < -0.3 is 10.0 Å². The van der Waals surface area contributed by atoms with Crippen LogP contribution in [0.3, 0.4) is 0 Å². The number of amides is 1. The van der Waals surface area contributed by atoms with Crippen LogP contribution in [0.15, 0.2) is 24.3 Å². The van der Waals surface area contributed by atoms with Crippen molar-refractivity contribution >= 4 is 17.7 Å². The Morgan fingerprint density at radius 2 is 2.38 bits per heavy atom. The molecule has 1 unspecified atom stereocenters. The van der Waals surface area contributed by atoms with Gasteiger partial charge in [0.25, 0.3) is 5.91 Å². The normalized spacial score (nSPS) is 18.0. The van der Waals surface area contributed by atoms with Gasteiger partial charge in [-0.1, -0.05) is 24.8 Å². The summed E-state index contributed by atoms with van der Waals surface area (Å²) in [6.07, 6.45) is 1.56. The van der Waals surface area contributed by atoms with Crippen LogP contribution in [0.4, 0.5) is 0 Å². The summed E-state index contributed by atoms with van der Waals surface area (Å²) < 4.78 is 0. The Kier molecular flexibility index (Phi) is 6.16. The topological polar surface area (TPSA) is 40.5 Å². The summed E-state index contributed by atoms with van der Waals surface area (Å²) in [6.45, 7) is 3.89. The average Bonchev–Trinajstić information content (AvgIpc) is 2.55. The lowest BCUT2D eigenvalue weighted by molar-refractivity contribution is 0.0761. The molecular formula is C17H21NO2S. The van der Waals surface area contributed by atoms with E-state index in [2.05, 4.69) is 18.8 Å². The minimum Gasteiger partial charge on any atom is -0.395 e. The van der Waals surface area contributed by atoms with E-state index in [1.54, 1.807) is 0 Å². The van der Waals surface area contributed by atoms with Crippen molar-refractivity contribution in [2.24, 2.45) is 0 Å². The molecule has 1 amide bonds. The van der Waals surface area contributed by atoms with Crippen LogP contribution in [0, 0.1) is 11.8 Å². The largest absolute Gasteiger partial charge is 0.395 e. The molecule has 1 aliphatic rings. The molecule has 1 aromatic carbocycles. The number of nitrogens with zero attached hydrogens (tertiary/aromatic N) is 1. The highest BCUT2D eigenvalue weighted by atomic mass is 32.2. The van der Waals surface area contributed by atoms with Crippen LogP contribution in [0.5, 0.6) is 0 Å². The number of hydrogen-bond donors (Lipinski definition) is 1. The second-order valence-electron chi connectivity index (χ2n) is 5.01. The van der Waals surface area contributed by atoms with Crippen molar-refractivity contribution in [3.8, 4) is 11.8 Å². The highest BCUT2D eigenvalue weighted by Gasteiger charge is 2.23. The predicted octanol–water partition coefficient (Wildman–Crippen LogP) is 2.39. The van der Waals surface area contributed by atoms with E-state index < -0.39 is 0 Å². The fraction of sp³-hybridized carbons (Fsp3) is 0.471. The first-order valence-corrected chi connectivity index (χ1v) is 8.40. The number of rotatable bonds is 3. The van der Waals surface area contributed by atoms with Crippen LogP contribution >= 0.6 is 11.8 Å². The summed E-state index contributed by atoms with van der Waals surface area (Å²) >= 11 is 1.96. The standard InChI is InChI=1S/C17H21NO2S/c1-2-16-13-18(9-11-21-16)17(20)15-8-5-7-14(12-15)6-3-4-10-19/h5,7-8,12,16,19H,2,4,9-11,13H2,1H3. The molecule has 0 aromatic heterocycles. The lowest BCUT2D eigenvalue weighted by atomic mass is 10.1. The molecule has 0 saturated carbocycles. The van der Waals surface area contributed by atoms with Crippen molar-refractivity contribution in [1.82, 2.24) is 4.90 Å². The van der Waals surface area contributed by atoms with Gasteiger partial charge in [-0.15, -0.1) is 0 Å². The summed E-state index contributed by atoms with van der Waals surface area (Å²) in [7, 11) is 0. The molecule has 3 nitrogen and oxygen atoms in total. The van der Waals surface area contributed by atoms with Gasteiger partial charge in [0.1, 0.15) is 0 Å². The van der Waals surface area contributed by atoms with Crippen LogP contribution in [-0.2, 0) is 0 Å². The number of carbonyl (C=O) groups excluding carboxylic acids is 1. The van der Waals surface area contributed by atoms with Gasteiger partial charge in [-0.2, -0.15) is 11.8 Å². The first kappa shape index (κ1) is 15.9. The van der Waals surface area contributed by atoms with Crippen LogP contribution in [0.2, 0.25) is 0 Å². The number of aliphatic hydroxyl groups is 1. The van der Waals surface area contributed by atoms with Crippen LogP contribution in [-0.4, -0.2) is 46.6 Å². The highest BCUT2D eigenvalue weighted by molar-refractivity contribution is 8.00. The van der Waals surface area contributed by atoms with Gasteiger partial charge in [-0.3, -0.25) is 4.79 Å². The summed E-state index contributed by atoms with van der Waals surface area (Å²) in [5.41, 5.74) is 1.53. The van der Waals surface area contributed by atoms with Gasteiger partial charge in [0.15, 0.2) is 0 Å². The molecule has 1 heterocycles. The first-order chi connectivity index (χ1) is 10.2. The predicted molar refractivity (Wildman–Crippen MR) is 87.5 cm³/mol. The maximum Gasteiger partial charge on any atom is 0.253 e. The van der Waals surface area contributed by atoms with Crippen molar-refractivity contribution in [2.75, 3.05) is 25.4 Å². The molecule has 21 heavy (non-hydrogen) atoms. The van der Waals surface area contributed by atoms with E-state index in [-0.39, 0.29) is 12.5 Å². The number of hydrogen-bond acceptors (Lipinski definition) is 3. The van der Waals surface area contributed by atoms with Gasteiger partial charge in [-0.25, -0.2) is 0 Å². The Morgan fingerprint density at radius 1 is 1.52 bits per heavy atom. The zero-order valence-corrected chi connectivity index (χ0v) is 13.2. The first-order valence-electron chi connectivity index (χ1n) is 7.35. The second kappa shape index (κ2) is 8.11. The van der Waals surface area contributed by atoms with Crippen molar-refractivity contribution in [3.05, 3.63) is 35.4 Å². The molecule has 1 aromatic rings. The minimum absolute atomic E-state index is 0.0650. The smallest absolute Gasteiger partial charge is 0.253 e. The summed E-state index contributed by atoms with van der Waals surface area (Å²) in [4.78, 5) is 14.5. The fourth-order valence-corrected chi connectivity index (χ4v) is 3.46. The molecule has 1 saturated heterocycles. The number of aliphatic hydroxyl groups excluding tert-OH is 1. The van der Waals surface area contributed by atoms with Crippen molar-refractivity contribution < 1.29 is 9.90 Å². The van der Waals surface area contributed by atoms with Crippen LogP contribution in [0.25, 0.3) is 0 Å². The molecule has 112 valence electrons. The molecule has 1 N–H and O–H groups in total. The van der Waals surface area contributed by atoms with E-state index in [1.165, 1.54) is 0 Å². The molecule has 0 aliphatic carbocycles. The van der Waals surface area contributed by atoms with E-state index in [1.807, 2.05) is 40.9 Å². The van der Waals surface area contributed by atoms with E-state index in [4.69, 9.17) is 5.11 Å². The van der Waals surface area contributed by atoms with E-state index in [0.29, 0.717) is 17.2 Å². The average molecular weight is 303 g/mol. The zero-order chi connectivity index (χ0) is 15.1. The lowest BCUT2D eigenvalue weighted by Crippen LogP contribution is -2.41. The Bertz CT molecular complexity index is 547. The molecule has 0 radical (unpaired) electrons. The quantitative estimate of drug-likeness (QED) is 0.872. The van der Waals surface area contributed by atoms with Gasteiger partial charge in [0.2, 0.25) is 0 Å². The number of thioether (sulfide) groups is 1. The lowest BCUT2D eigenvalue weighted by Gasteiger charge is -2.32. The third-order valence-electron chi connectivity index (χ3n) is 3.46. The van der Waals surface area contributed by atoms with E-state index in [0.717, 1.165) is 30.8 Å². The van der Waals surface area contributed by atoms with Gasteiger partial charge >= 0.3 is 0 Å². The fourth-order valence-electron chi connectivity index (χ4n) is 2.28. The number of benzene rings is 1. The Labute approximate surface area is 130 Å². The second-order valence-corrected chi connectivity index (χ2v) is 6.42. The monoisotopic (exact) mass is 303 g/mol.